The van der Waals surface area contributed by atoms with Gasteiger partial charge in [-0.05, 0) is 31.0 Å². The van der Waals surface area contributed by atoms with Crippen molar-refractivity contribution >= 4 is 45.5 Å². The number of fused-ring (bicyclic) bond motifs is 1. The number of nitrogens with zero attached hydrogens (tertiary/aromatic N) is 1. The van der Waals surface area contributed by atoms with E-state index in [-0.39, 0.29) is 22.1 Å². The molecule has 0 radical (unpaired) electrons. The number of H-pyrrole nitrogens is 1. The monoisotopic (exact) mass is 384 g/mol. The number of aryl methyl sites for hydroxylation is 2. The summed E-state index contributed by atoms with van der Waals surface area (Å²) < 4.78 is 18.1. The topological polar surface area (TPSA) is 81.9 Å². The molecule has 0 aliphatic heterocycles. The van der Waals surface area contributed by atoms with E-state index in [1.54, 1.807) is 18.2 Å². The van der Waals surface area contributed by atoms with Crippen molar-refractivity contribution in [1.29, 1.82) is 0 Å². The number of benzene rings is 1. The van der Waals surface area contributed by atoms with Gasteiger partial charge < -0.3 is 14.0 Å². The lowest BCUT2D eigenvalue weighted by molar-refractivity contribution is 0.539. The molecule has 1 N–H and O–H groups in total. The number of aromatic nitrogens is 2. The first-order chi connectivity index (χ1) is 11.4. The molecule has 2 heterocycles. The van der Waals surface area contributed by atoms with Crippen LogP contribution in [0.3, 0.4) is 0 Å². The van der Waals surface area contributed by atoms with Crippen LogP contribution in [0.2, 0.25) is 10.0 Å². The summed E-state index contributed by atoms with van der Waals surface area (Å²) in [7, 11) is 0. The van der Waals surface area contributed by atoms with Gasteiger partial charge in [0, 0.05) is 22.9 Å². The van der Waals surface area contributed by atoms with Gasteiger partial charge in [-0.1, -0.05) is 30.1 Å². The molecule has 5 nitrogen and oxygen atoms in total. The maximum atomic E-state index is 12.6. The molecule has 1 unspecified atom stereocenters. The van der Waals surface area contributed by atoms with E-state index in [1.807, 2.05) is 13.8 Å². The molecule has 2 aromatic heterocycles. The van der Waals surface area contributed by atoms with E-state index in [4.69, 9.17) is 27.6 Å². The van der Waals surface area contributed by atoms with Gasteiger partial charge in [-0.3, -0.25) is 4.79 Å². The highest BCUT2D eigenvalue weighted by atomic mass is 35.5. The number of oxazole rings is 1. The van der Waals surface area contributed by atoms with E-state index in [2.05, 4.69) is 9.97 Å². The first-order valence-corrected chi connectivity index (χ1v) is 9.32. The number of aromatic amines is 1. The van der Waals surface area contributed by atoms with Crippen molar-refractivity contribution < 1.29 is 8.97 Å². The molecule has 0 aliphatic rings. The fourth-order valence-electron chi connectivity index (χ4n) is 2.42. The lowest BCUT2D eigenvalue weighted by Gasteiger charge is -2.10. The quantitative estimate of drug-likeness (QED) is 0.689. The number of nitrogens with one attached hydrogen (secondary N) is 1. The van der Waals surface area contributed by atoms with Crippen LogP contribution in [0.25, 0.3) is 11.1 Å². The molecule has 3 rings (SSSR count). The SMILES string of the molecule is CCc1cc([S+]([O-])Cc2nc3c(Cl)ccc(Cl)c3o2)c(=O)[nH]c1C. The van der Waals surface area contributed by atoms with Gasteiger partial charge in [-0.2, -0.15) is 0 Å². The Kier molecular flexibility index (Phi) is 4.92. The minimum Gasteiger partial charge on any atom is -0.611 e. The van der Waals surface area contributed by atoms with E-state index in [0.717, 1.165) is 17.7 Å². The summed E-state index contributed by atoms with van der Waals surface area (Å²) in [5.41, 5.74) is 2.13. The van der Waals surface area contributed by atoms with Gasteiger partial charge >= 0.3 is 5.56 Å². The van der Waals surface area contributed by atoms with Crippen LogP contribution in [0.5, 0.6) is 0 Å². The van der Waals surface area contributed by atoms with Crippen LogP contribution >= 0.6 is 23.2 Å². The Hall–Kier alpha value is -1.47. The Morgan fingerprint density at radius 1 is 1.33 bits per heavy atom. The molecule has 1 aromatic carbocycles. The van der Waals surface area contributed by atoms with Crippen molar-refractivity contribution in [3.05, 3.63) is 55.7 Å². The Morgan fingerprint density at radius 2 is 2.04 bits per heavy atom. The maximum Gasteiger partial charge on any atom is 0.303 e. The van der Waals surface area contributed by atoms with Crippen LogP contribution in [-0.4, -0.2) is 14.5 Å². The zero-order valence-electron chi connectivity index (χ0n) is 13.0. The largest absolute Gasteiger partial charge is 0.611 e. The fourth-order valence-corrected chi connectivity index (χ4v) is 3.84. The summed E-state index contributed by atoms with van der Waals surface area (Å²) in [6.07, 6.45) is 0.737. The number of rotatable bonds is 4. The molecule has 0 saturated carbocycles. The van der Waals surface area contributed by atoms with E-state index in [0.29, 0.717) is 21.1 Å². The molecule has 3 aromatic rings. The maximum absolute atomic E-state index is 12.6. The average molecular weight is 385 g/mol. The van der Waals surface area contributed by atoms with E-state index in [1.165, 1.54) is 0 Å². The molecule has 1 atom stereocenters. The number of hydrogen-bond donors (Lipinski definition) is 1. The first kappa shape index (κ1) is 17.4. The smallest absolute Gasteiger partial charge is 0.303 e. The van der Waals surface area contributed by atoms with Gasteiger partial charge in [0.15, 0.2) is 11.3 Å². The summed E-state index contributed by atoms with van der Waals surface area (Å²) in [6, 6.07) is 4.90. The summed E-state index contributed by atoms with van der Waals surface area (Å²) in [4.78, 5) is 19.3. The van der Waals surface area contributed by atoms with Crippen LogP contribution in [0.1, 0.15) is 24.1 Å². The molecule has 0 fully saturated rings. The van der Waals surface area contributed by atoms with Crippen molar-refractivity contribution in [2.75, 3.05) is 0 Å². The predicted octanol–water partition coefficient (Wildman–Crippen LogP) is 4.00. The third-order valence-electron chi connectivity index (χ3n) is 3.68. The third-order valence-corrected chi connectivity index (χ3v) is 5.59. The minimum atomic E-state index is -1.59. The molecular formula is C16H14Cl2N2O3S. The molecule has 0 bridgehead atoms. The predicted molar refractivity (Wildman–Crippen MR) is 95.3 cm³/mol. The molecule has 126 valence electrons. The van der Waals surface area contributed by atoms with Crippen molar-refractivity contribution in [3.63, 3.8) is 0 Å². The van der Waals surface area contributed by atoms with E-state index >= 15 is 0 Å². The minimum absolute atomic E-state index is 0.0311. The van der Waals surface area contributed by atoms with Crippen LogP contribution < -0.4 is 5.56 Å². The summed E-state index contributed by atoms with van der Waals surface area (Å²) >= 11 is 10.5. The standard InChI is InChI=1S/C16H14Cl2N2O3S/c1-3-9-6-12(16(21)19-8(9)2)24(22)7-13-20-14-10(17)4-5-11(18)15(14)23-13/h4-6H,3,7H2,1-2H3,(H,19,21). The van der Waals surface area contributed by atoms with Gasteiger partial charge in [0.25, 0.3) is 0 Å². The molecule has 8 heteroatoms. The van der Waals surface area contributed by atoms with Crippen molar-refractivity contribution in [1.82, 2.24) is 9.97 Å². The summed E-state index contributed by atoms with van der Waals surface area (Å²) in [5, 5.41) is 0.775. The summed E-state index contributed by atoms with van der Waals surface area (Å²) in [5.74, 6) is 0.188. The highest BCUT2D eigenvalue weighted by Gasteiger charge is 2.22. The van der Waals surface area contributed by atoms with Gasteiger partial charge in [-0.15, -0.1) is 0 Å². The zero-order chi connectivity index (χ0) is 17.4. The van der Waals surface area contributed by atoms with E-state index in [9.17, 15) is 9.35 Å². The fraction of sp³-hybridized carbons (Fsp3) is 0.250. The number of hydrogen-bond acceptors (Lipinski definition) is 4. The van der Waals surface area contributed by atoms with Crippen LogP contribution in [0, 0.1) is 6.92 Å². The highest BCUT2D eigenvalue weighted by molar-refractivity contribution is 7.90. The lowest BCUT2D eigenvalue weighted by Crippen LogP contribution is -2.20. The second-order valence-corrected chi connectivity index (χ2v) is 7.50. The van der Waals surface area contributed by atoms with Crippen LogP contribution in [-0.2, 0) is 23.3 Å². The second kappa shape index (κ2) is 6.80. The molecule has 0 spiro atoms. The van der Waals surface area contributed by atoms with Gasteiger partial charge in [0.05, 0.1) is 10.0 Å². The molecule has 0 aliphatic carbocycles. The average Bonchev–Trinajstić information content (AvgIpc) is 2.96. The zero-order valence-corrected chi connectivity index (χ0v) is 15.3. The number of pyridine rings is 1. The number of halogens is 2. The molecule has 0 saturated heterocycles. The van der Waals surface area contributed by atoms with Gasteiger partial charge in [0.2, 0.25) is 10.8 Å². The normalized spacial score (nSPS) is 12.7. The first-order valence-electron chi connectivity index (χ1n) is 7.25. The third kappa shape index (κ3) is 3.19. The Morgan fingerprint density at radius 3 is 2.71 bits per heavy atom. The molecular weight excluding hydrogens is 371 g/mol. The highest BCUT2D eigenvalue weighted by Crippen LogP contribution is 2.31. The lowest BCUT2D eigenvalue weighted by atomic mass is 10.1. The summed E-state index contributed by atoms with van der Waals surface area (Å²) in [6.45, 7) is 3.79. The van der Waals surface area contributed by atoms with E-state index < -0.39 is 11.2 Å². The van der Waals surface area contributed by atoms with Crippen molar-refractivity contribution in [2.24, 2.45) is 0 Å². The van der Waals surface area contributed by atoms with Crippen LogP contribution in [0.15, 0.2) is 32.3 Å². The Balaban J connectivity index is 1.96. The van der Waals surface area contributed by atoms with Crippen LogP contribution in [0.4, 0.5) is 0 Å². The Labute approximate surface area is 151 Å². The molecule has 24 heavy (non-hydrogen) atoms. The van der Waals surface area contributed by atoms with Crippen molar-refractivity contribution in [3.8, 4) is 0 Å². The molecule has 0 amide bonds. The van der Waals surface area contributed by atoms with Gasteiger partial charge in [0.1, 0.15) is 5.52 Å². The van der Waals surface area contributed by atoms with Gasteiger partial charge in [-0.25, -0.2) is 4.98 Å². The Bertz CT molecular complexity index is 929. The van der Waals surface area contributed by atoms with Crippen molar-refractivity contribution in [2.45, 2.75) is 30.9 Å². The second-order valence-electron chi connectivity index (χ2n) is 5.27.